The number of piperazine rings is 1. The zero-order chi connectivity index (χ0) is 21.9. The second-order valence-corrected chi connectivity index (χ2v) is 9.47. The van der Waals surface area contributed by atoms with Gasteiger partial charge in [-0.1, -0.05) is 30.3 Å². The number of hydrogen-bond donors (Lipinski definition) is 1. The van der Waals surface area contributed by atoms with Crippen molar-refractivity contribution in [1.82, 2.24) is 14.5 Å². The standard InChI is InChI=1S/C22H27N3O4S/c1-16-9-10-17(2)20(15-16)30(28,29)25-13-11-24(12-14-25)22(27)18(3)23-21(26)19-7-5-4-6-8-19/h4-10,15,18H,11-14H2,1-3H3,(H,23,26)/t18-/m0/s1. The SMILES string of the molecule is Cc1ccc(C)c(S(=O)(=O)N2CCN(C(=O)[C@H](C)NC(=O)c3ccccc3)CC2)c1. The smallest absolute Gasteiger partial charge is 0.251 e. The second-order valence-electron chi connectivity index (χ2n) is 7.56. The Bertz CT molecular complexity index is 1030. The summed E-state index contributed by atoms with van der Waals surface area (Å²) in [6.07, 6.45) is 0. The third kappa shape index (κ3) is 4.71. The fourth-order valence-corrected chi connectivity index (χ4v) is 5.21. The molecule has 1 aliphatic rings. The van der Waals surface area contributed by atoms with Crippen molar-refractivity contribution in [1.29, 1.82) is 0 Å². The Morgan fingerprint density at radius 2 is 1.60 bits per heavy atom. The first-order valence-corrected chi connectivity index (χ1v) is 11.4. The number of carbonyl (C=O) groups excluding carboxylic acids is 2. The molecule has 160 valence electrons. The molecule has 30 heavy (non-hydrogen) atoms. The maximum Gasteiger partial charge on any atom is 0.251 e. The molecule has 1 heterocycles. The van der Waals surface area contributed by atoms with E-state index in [1.54, 1.807) is 55.1 Å². The number of hydrogen-bond acceptors (Lipinski definition) is 4. The highest BCUT2D eigenvalue weighted by Crippen LogP contribution is 2.22. The Hall–Kier alpha value is -2.71. The maximum atomic E-state index is 13.0. The summed E-state index contributed by atoms with van der Waals surface area (Å²) in [4.78, 5) is 26.9. The van der Waals surface area contributed by atoms with Gasteiger partial charge >= 0.3 is 0 Å². The van der Waals surface area contributed by atoms with Gasteiger partial charge in [-0.05, 0) is 50.1 Å². The molecule has 2 aromatic carbocycles. The number of rotatable bonds is 5. The van der Waals surface area contributed by atoms with E-state index in [1.807, 2.05) is 19.1 Å². The van der Waals surface area contributed by atoms with Crippen LogP contribution in [0.2, 0.25) is 0 Å². The van der Waals surface area contributed by atoms with Crippen molar-refractivity contribution in [2.24, 2.45) is 0 Å². The predicted molar refractivity (Wildman–Crippen MR) is 115 cm³/mol. The first kappa shape index (κ1) is 22.0. The van der Waals surface area contributed by atoms with Gasteiger partial charge in [0.1, 0.15) is 6.04 Å². The average molecular weight is 430 g/mol. The van der Waals surface area contributed by atoms with Gasteiger partial charge in [0, 0.05) is 31.7 Å². The van der Waals surface area contributed by atoms with Crippen LogP contribution < -0.4 is 5.32 Å². The lowest BCUT2D eigenvalue weighted by Crippen LogP contribution is -2.55. The molecule has 1 fully saturated rings. The number of carbonyl (C=O) groups is 2. The summed E-state index contributed by atoms with van der Waals surface area (Å²) in [5.74, 6) is -0.532. The molecule has 0 unspecified atom stereocenters. The number of sulfonamides is 1. The first-order valence-electron chi connectivity index (χ1n) is 9.92. The van der Waals surface area contributed by atoms with E-state index in [0.29, 0.717) is 16.0 Å². The van der Waals surface area contributed by atoms with Gasteiger partial charge in [0.15, 0.2) is 0 Å². The molecule has 2 aromatic rings. The van der Waals surface area contributed by atoms with Crippen LogP contribution in [-0.2, 0) is 14.8 Å². The topological polar surface area (TPSA) is 86.8 Å². The Morgan fingerprint density at radius 1 is 0.967 bits per heavy atom. The summed E-state index contributed by atoms with van der Waals surface area (Å²) in [6.45, 7) is 6.30. The van der Waals surface area contributed by atoms with Crippen molar-refractivity contribution in [2.45, 2.75) is 31.7 Å². The van der Waals surface area contributed by atoms with Crippen LogP contribution in [0, 0.1) is 13.8 Å². The van der Waals surface area contributed by atoms with E-state index in [2.05, 4.69) is 5.32 Å². The lowest BCUT2D eigenvalue weighted by atomic mass is 10.2. The molecular formula is C22H27N3O4S. The number of nitrogens with zero attached hydrogens (tertiary/aromatic N) is 2. The summed E-state index contributed by atoms with van der Waals surface area (Å²) in [5, 5.41) is 2.71. The molecule has 2 amide bonds. The van der Waals surface area contributed by atoms with Gasteiger partial charge in [0.25, 0.3) is 5.91 Å². The monoisotopic (exact) mass is 429 g/mol. The molecule has 0 spiro atoms. The minimum Gasteiger partial charge on any atom is -0.341 e. The van der Waals surface area contributed by atoms with Crippen LogP contribution in [0.15, 0.2) is 53.4 Å². The van der Waals surface area contributed by atoms with Crippen molar-refractivity contribution in [3.8, 4) is 0 Å². The zero-order valence-electron chi connectivity index (χ0n) is 17.5. The lowest BCUT2D eigenvalue weighted by molar-refractivity contribution is -0.134. The quantitative estimate of drug-likeness (QED) is 0.787. The van der Waals surface area contributed by atoms with E-state index in [1.165, 1.54) is 4.31 Å². The van der Waals surface area contributed by atoms with Gasteiger partial charge in [0.05, 0.1) is 4.90 Å². The fraction of sp³-hybridized carbons (Fsp3) is 0.364. The molecule has 1 atom stereocenters. The Morgan fingerprint density at radius 3 is 2.23 bits per heavy atom. The molecule has 1 saturated heterocycles. The number of nitrogens with one attached hydrogen (secondary N) is 1. The molecule has 3 rings (SSSR count). The fourth-order valence-electron chi connectivity index (χ4n) is 3.48. The molecule has 0 radical (unpaired) electrons. The van der Waals surface area contributed by atoms with Gasteiger partial charge in [-0.2, -0.15) is 4.31 Å². The molecule has 0 aliphatic carbocycles. The molecular weight excluding hydrogens is 402 g/mol. The van der Waals surface area contributed by atoms with Gasteiger partial charge in [-0.25, -0.2) is 8.42 Å². The average Bonchev–Trinajstić information content (AvgIpc) is 2.75. The van der Waals surface area contributed by atoms with Gasteiger partial charge in [0.2, 0.25) is 15.9 Å². The number of aryl methyl sites for hydroxylation is 2. The lowest BCUT2D eigenvalue weighted by Gasteiger charge is -2.35. The summed E-state index contributed by atoms with van der Waals surface area (Å²) < 4.78 is 27.5. The van der Waals surface area contributed by atoms with Crippen LogP contribution in [-0.4, -0.2) is 61.7 Å². The van der Waals surface area contributed by atoms with Crippen molar-refractivity contribution >= 4 is 21.8 Å². The molecule has 7 nitrogen and oxygen atoms in total. The Labute approximate surface area is 177 Å². The maximum absolute atomic E-state index is 13.0. The highest BCUT2D eigenvalue weighted by Gasteiger charge is 2.32. The Balaban J connectivity index is 1.61. The molecule has 1 aliphatic heterocycles. The molecule has 8 heteroatoms. The van der Waals surface area contributed by atoms with Gasteiger partial charge in [-0.3, -0.25) is 9.59 Å². The first-order chi connectivity index (χ1) is 14.2. The van der Waals surface area contributed by atoms with E-state index in [4.69, 9.17) is 0 Å². The molecule has 1 N–H and O–H groups in total. The van der Waals surface area contributed by atoms with Crippen LogP contribution in [0.4, 0.5) is 0 Å². The Kier molecular flexibility index (Phi) is 6.58. The van der Waals surface area contributed by atoms with Crippen molar-refractivity contribution in [3.63, 3.8) is 0 Å². The van der Waals surface area contributed by atoms with Crippen LogP contribution >= 0.6 is 0 Å². The summed E-state index contributed by atoms with van der Waals surface area (Å²) in [5.41, 5.74) is 2.08. The minimum atomic E-state index is -3.61. The number of amides is 2. The predicted octanol–water partition coefficient (Wildman–Crippen LogP) is 1.95. The van der Waals surface area contributed by atoms with E-state index < -0.39 is 16.1 Å². The van der Waals surface area contributed by atoms with Gasteiger partial charge < -0.3 is 10.2 Å². The van der Waals surface area contributed by atoms with Gasteiger partial charge in [-0.15, -0.1) is 0 Å². The van der Waals surface area contributed by atoms with E-state index in [0.717, 1.165) is 5.56 Å². The third-order valence-electron chi connectivity index (χ3n) is 5.27. The van der Waals surface area contributed by atoms with Crippen LogP contribution in [0.1, 0.15) is 28.4 Å². The minimum absolute atomic E-state index is 0.219. The number of benzene rings is 2. The molecule has 0 aromatic heterocycles. The zero-order valence-corrected chi connectivity index (χ0v) is 18.3. The normalized spacial score (nSPS) is 16.2. The highest BCUT2D eigenvalue weighted by atomic mass is 32.2. The molecule has 0 bridgehead atoms. The van der Waals surface area contributed by atoms with Crippen molar-refractivity contribution in [3.05, 3.63) is 65.2 Å². The largest absolute Gasteiger partial charge is 0.341 e. The summed E-state index contributed by atoms with van der Waals surface area (Å²) in [6, 6.07) is 13.4. The van der Waals surface area contributed by atoms with E-state index >= 15 is 0 Å². The second kappa shape index (κ2) is 8.97. The van der Waals surface area contributed by atoms with E-state index in [-0.39, 0.29) is 38.0 Å². The third-order valence-corrected chi connectivity index (χ3v) is 7.31. The van der Waals surface area contributed by atoms with Crippen LogP contribution in [0.5, 0.6) is 0 Å². The van der Waals surface area contributed by atoms with Crippen LogP contribution in [0.3, 0.4) is 0 Å². The van der Waals surface area contributed by atoms with Crippen molar-refractivity contribution in [2.75, 3.05) is 26.2 Å². The van der Waals surface area contributed by atoms with Crippen molar-refractivity contribution < 1.29 is 18.0 Å². The van der Waals surface area contributed by atoms with Crippen LogP contribution in [0.25, 0.3) is 0 Å². The van der Waals surface area contributed by atoms with E-state index in [9.17, 15) is 18.0 Å². The molecule has 0 saturated carbocycles. The summed E-state index contributed by atoms with van der Waals surface area (Å²) >= 11 is 0. The summed E-state index contributed by atoms with van der Waals surface area (Å²) in [7, 11) is -3.61. The highest BCUT2D eigenvalue weighted by molar-refractivity contribution is 7.89.